The van der Waals surface area contributed by atoms with Crippen molar-refractivity contribution in [3.63, 3.8) is 0 Å². The number of phenolic OH excluding ortho intramolecular Hbond substituents is 1. The number of hydrogen-bond donors (Lipinski definition) is 2. The van der Waals surface area contributed by atoms with Crippen LogP contribution in [-0.2, 0) is 9.59 Å². The van der Waals surface area contributed by atoms with Crippen LogP contribution in [0.5, 0.6) is 11.5 Å². The Balaban J connectivity index is 1.99. The quantitative estimate of drug-likeness (QED) is 0.155. The number of ketones is 1. The SMILES string of the molecule is COc1ccc(/C(O)=C2/C(=O)C(=O)N(c3ccc(F)cc3)C2c2ccc(O)c([N+](=O)[O-])c2)cc1C(C)C. The number of anilines is 1. The molecule has 4 rings (SSSR count). The van der Waals surface area contributed by atoms with Gasteiger partial charge in [0.1, 0.15) is 17.3 Å². The number of aromatic hydroxyl groups is 1. The van der Waals surface area contributed by atoms with Gasteiger partial charge >= 0.3 is 5.69 Å². The highest BCUT2D eigenvalue weighted by Crippen LogP contribution is 2.44. The van der Waals surface area contributed by atoms with E-state index in [0.29, 0.717) is 5.75 Å². The lowest BCUT2D eigenvalue weighted by atomic mass is 9.92. The van der Waals surface area contributed by atoms with Gasteiger partial charge in [0, 0.05) is 17.3 Å². The minimum absolute atomic E-state index is 0.000120. The van der Waals surface area contributed by atoms with Gasteiger partial charge in [-0.2, -0.15) is 0 Å². The number of aliphatic hydroxyl groups is 1. The van der Waals surface area contributed by atoms with E-state index in [9.17, 15) is 34.3 Å². The summed E-state index contributed by atoms with van der Waals surface area (Å²) in [4.78, 5) is 38.2. The smallest absolute Gasteiger partial charge is 0.311 e. The molecule has 0 bridgehead atoms. The maximum Gasteiger partial charge on any atom is 0.311 e. The zero-order chi connectivity index (χ0) is 27.0. The van der Waals surface area contributed by atoms with Crippen LogP contribution in [0.3, 0.4) is 0 Å². The Morgan fingerprint density at radius 2 is 1.76 bits per heavy atom. The third-order valence-electron chi connectivity index (χ3n) is 6.19. The van der Waals surface area contributed by atoms with E-state index in [1.807, 2.05) is 13.8 Å². The van der Waals surface area contributed by atoms with E-state index in [1.165, 1.54) is 31.4 Å². The van der Waals surface area contributed by atoms with Gasteiger partial charge in [-0.1, -0.05) is 19.9 Å². The number of phenols is 1. The molecular formula is C27H23FN2O7. The van der Waals surface area contributed by atoms with Crippen molar-refractivity contribution in [1.29, 1.82) is 0 Å². The first-order valence-electron chi connectivity index (χ1n) is 11.3. The molecule has 190 valence electrons. The topological polar surface area (TPSA) is 130 Å². The predicted molar refractivity (Wildman–Crippen MR) is 133 cm³/mol. The first-order chi connectivity index (χ1) is 17.5. The fraction of sp³-hybridized carbons (Fsp3) is 0.185. The highest BCUT2D eigenvalue weighted by Gasteiger charge is 2.47. The van der Waals surface area contributed by atoms with Gasteiger partial charge in [-0.3, -0.25) is 24.6 Å². The normalized spacial score (nSPS) is 16.9. The molecule has 0 aromatic heterocycles. The number of methoxy groups -OCH3 is 1. The molecule has 1 saturated heterocycles. The van der Waals surface area contributed by atoms with Crippen molar-refractivity contribution in [2.75, 3.05) is 12.0 Å². The van der Waals surface area contributed by atoms with Crippen molar-refractivity contribution in [3.05, 3.63) is 98.9 Å². The van der Waals surface area contributed by atoms with E-state index in [-0.39, 0.29) is 28.3 Å². The molecule has 1 aliphatic rings. The predicted octanol–water partition coefficient (Wildman–Crippen LogP) is 5.20. The maximum atomic E-state index is 13.6. The molecular weight excluding hydrogens is 483 g/mol. The van der Waals surface area contributed by atoms with Crippen molar-refractivity contribution >= 4 is 28.8 Å². The van der Waals surface area contributed by atoms with Crippen molar-refractivity contribution in [2.24, 2.45) is 0 Å². The molecule has 37 heavy (non-hydrogen) atoms. The fourth-order valence-electron chi connectivity index (χ4n) is 4.36. The van der Waals surface area contributed by atoms with Crippen molar-refractivity contribution in [3.8, 4) is 11.5 Å². The summed E-state index contributed by atoms with van der Waals surface area (Å²) in [6.07, 6.45) is 0. The summed E-state index contributed by atoms with van der Waals surface area (Å²) < 4.78 is 19.0. The molecule has 2 N–H and O–H groups in total. The molecule has 1 amide bonds. The van der Waals surface area contributed by atoms with Crippen LogP contribution in [0.1, 0.15) is 42.5 Å². The lowest BCUT2D eigenvalue weighted by Gasteiger charge is -2.25. The number of carbonyl (C=O) groups is 2. The van der Waals surface area contributed by atoms with Crippen LogP contribution in [0.15, 0.2) is 66.2 Å². The molecule has 1 unspecified atom stereocenters. The van der Waals surface area contributed by atoms with Crippen molar-refractivity contribution in [1.82, 2.24) is 0 Å². The first kappa shape index (κ1) is 25.4. The highest BCUT2D eigenvalue weighted by atomic mass is 19.1. The number of halogens is 1. The zero-order valence-electron chi connectivity index (χ0n) is 20.1. The molecule has 0 spiro atoms. The second-order valence-electron chi connectivity index (χ2n) is 8.76. The Labute approximate surface area is 211 Å². The van der Waals surface area contributed by atoms with Crippen LogP contribution in [0.2, 0.25) is 0 Å². The highest BCUT2D eigenvalue weighted by molar-refractivity contribution is 6.51. The van der Waals surface area contributed by atoms with Crippen LogP contribution < -0.4 is 9.64 Å². The van der Waals surface area contributed by atoms with Crippen LogP contribution in [0.4, 0.5) is 15.8 Å². The summed E-state index contributed by atoms with van der Waals surface area (Å²) in [5.74, 6) is -3.13. The maximum absolute atomic E-state index is 13.6. The number of nitro benzene ring substituents is 1. The van der Waals surface area contributed by atoms with Crippen LogP contribution in [0, 0.1) is 15.9 Å². The average Bonchev–Trinajstić information content (AvgIpc) is 3.14. The van der Waals surface area contributed by atoms with E-state index in [4.69, 9.17) is 4.74 Å². The average molecular weight is 506 g/mol. The van der Waals surface area contributed by atoms with Gasteiger partial charge in [0.05, 0.1) is 23.6 Å². The van der Waals surface area contributed by atoms with Gasteiger partial charge in [0.2, 0.25) is 0 Å². The number of nitrogens with zero attached hydrogens (tertiary/aromatic N) is 2. The van der Waals surface area contributed by atoms with Gasteiger partial charge in [0.25, 0.3) is 11.7 Å². The molecule has 10 heteroatoms. The van der Waals surface area contributed by atoms with E-state index >= 15 is 0 Å². The van der Waals surface area contributed by atoms with E-state index in [2.05, 4.69) is 0 Å². The van der Waals surface area contributed by atoms with E-state index in [1.54, 1.807) is 12.1 Å². The Bertz CT molecular complexity index is 1450. The molecule has 1 fully saturated rings. The lowest BCUT2D eigenvalue weighted by molar-refractivity contribution is -0.385. The molecule has 0 radical (unpaired) electrons. The minimum Gasteiger partial charge on any atom is -0.507 e. The largest absolute Gasteiger partial charge is 0.507 e. The van der Waals surface area contributed by atoms with Gasteiger partial charge in [-0.05, 0) is 65.6 Å². The zero-order valence-corrected chi connectivity index (χ0v) is 20.1. The Morgan fingerprint density at radius 3 is 2.35 bits per heavy atom. The van der Waals surface area contributed by atoms with Gasteiger partial charge in [-0.25, -0.2) is 4.39 Å². The Morgan fingerprint density at radius 1 is 1.08 bits per heavy atom. The molecule has 0 aliphatic carbocycles. The molecule has 9 nitrogen and oxygen atoms in total. The number of amides is 1. The monoisotopic (exact) mass is 506 g/mol. The fourth-order valence-corrected chi connectivity index (χ4v) is 4.36. The van der Waals surface area contributed by atoms with E-state index in [0.717, 1.165) is 34.7 Å². The van der Waals surface area contributed by atoms with Crippen molar-refractivity contribution < 1.29 is 33.9 Å². The van der Waals surface area contributed by atoms with Crippen LogP contribution in [-0.4, -0.2) is 33.9 Å². The third kappa shape index (κ3) is 4.49. The standard InChI is InChI=1S/C27H23FN2O7/c1-14(2)19-12-16(5-11-22(19)37-3)25(32)23-24(15-4-10-21(31)20(13-15)30(35)36)29(27(34)26(23)33)18-8-6-17(28)7-9-18/h4-14,24,31-32H,1-3H3/b25-23-. The summed E-state index contributed by atoms with van der Waals surface area (Å²) in [7, 11) is 1.51. The number of benzene rings is 3. The number of hydrogen-bond acceptors (Lipinski definition) is 7. The Kier molecular flexibility index (Phi) is 6.67. The lowest BCUT2D eigenvalue weighted by Crippen LogP contribution is -2.29. The number of aliphatic hydroxyl groups excluding tert-OH is 1. The van der Waals surface area contributed by atoms with Crippen LogP contribution in [0.25, 0.3) is 5.76 Å². The molecule has 1 heterocycles. The molecule has 1 aliphatic heterocycles. The molecule has 3 aromatic carbocycles. The van der Waals surface area contributed by atoms with Crippen LogP contribution >= 0.6 is 0 Å². The number of carbonyl (C=O) groups excluding carboxylic acids is 2. The second kappa shape index (κ2) is 9.73. The summed E-state index contributed by atoms with van der Waals surface area (Å²) in [6.45, 7) is 3.84. The van der Waals surface area contributed by atoms with Gasteiger partial charge < -0.3 is 14.9 Å². The van der Waals surface area contributed by atoms with Gasteiger partial charge in [-0.15, -0.1) is 0 Å². The molecule has 0 saturated carbocycles. The number of rotatable bonds is 6. The summed E-state index contributed by atoms with van der Waals surface area (Å²) in [5.41, 5.74) is 0.256. The van der Waals surface area contributed by atoms with E-state index < -0.39 is 45.7 Å². The summed E-state index contributed by atoms with van der Waals surface area (Å²) >= 11 is 0. The third-order valence-corrected chi connectivity index (χ3v) is 6.19. The number of nitro groups is 1. The Hall–Kier alpha value is -4.73. The summed E-state index contributed by atoms with van der Waals surface area (Å²) in [5, 5.41) is 32.8. The van der Waals surface area contributed by atoms with Crippen molar-refractivity contribution in [2.45, 2.75) is 25.8 Å². The second-order valence-corrected chi connectivity index (χ2v) is 8.76. The summed E-state index contributed by atoms with van der Waals surface area (Å²) in [6, 6.07) is 11.7. The minimum atomic E-state index is -1.30. The molecule has 3 aromatic rings. The number of Topliss-reactive ketones (excluding diaryl/α,β-unsaturated/α-hetero) is 1. The number of ether oxygens (including phenoxy) is 1. The van der Waals surface area contributed by atoms with Gasteiger partial charge in [0.15, 0.2) is 5.75 Å². The first-order valence-corrected chi connectivity index (χ1v) is 11.3. The molecule has 1 atom stereocenters.